The van der Waals surface area contributed by atoms with Gasteiger partial charge in [0, 0.05) is 23.2 Å². The molecule has 3 aromatic rings. The fourth-order valence-electron chi connectivity index (χ4n) is 4.92. The van der Waals surface area contributed by atoms with Crippen LogP contribution in [0.5, 0.6) is 0 Å². The predicted octanol–water partition coefficient (Wildman–Crippen LogP) is 5.43. The Bertz CT molecular complexity index is 1250. The van der Waals surface area contributed by atoms with Gasteiger partial charge in [-0.05, 0) is 90.7 Å². The fourth-order valence-corrected chi connectivity index (χ4v) is 5.27. The summed E-state index contributed by atoms with van der Waals surface area (Å²) in [5, 5.41) is 5.59. The number of fused-ring (bicyclic) bond motifs is 2. The first-order valence-electron chi connectivity index (χ1n) is 10.4. The highest BCUT2D eigenvalue weighted by molar-refractivity contribution is 7.97. The van der Waals surface area contributed by atoms with Crippen molar-refractivity contribution in [2.45, 2.75) is 37.1 Å². The Kier molecular flexibility index (Phi) is 5.26. The molecule has 32 heavy (non-hydrogen) atoms. The van der Waals surface area contributed by atoms with E-state index in [4.69, 9.17) is 5.14 Å². The first kappa shape index (κ1) is 21.1. The van der Waals surface area contributed by atoms with Crippen LogP contribution < -0.4 is 10.0 Å². The second-order valence-electron chi connectivity index (χ2n) is 8.50. The molecule has 0 saturated heterocycles. The summed E-state index contributed by atoms with van der Waals surface area (Å²) in [6, 6.07) is 12.0. The van der Waals surface area contributed by atoms with Crippen LogP contribution in [0.3, 0.4) is 0 Å². The summed E-state index contributed by atoms with van der Waals surface area (Å²) < 4.78 is 42.0. The van der Waals surface area contributed by atoms with Gasteiger partial charge in [-0.25, -0.2) is 13.2 Å². The van der Waals surface area contributed by atoms with Gasteiger partial charge in [0.25, 0.3) is 0 Å². The van der Waals surface area contributed by atoms with E-state index in [9.17, 15) is 18.0 Å². The number of anilines is 1. The molecule has 0 spiro atoms. The lowest BCUT2D eigenvalue weighted by Crippen LogP contribution is -2.40. The minimum Gasteiger partial charge on any atom is -0.309 e. The molecule has 0 saturated carbocycles. The standard InChI is InChI=1S/C25H21F3N2OS/c1-13-6-17-10-22(28)24(32-29)12-23(17)30(13)25(31)18-7-14-2-3-15(8-16(14)9-18)20-11-19(26)4-5-21(20)27/h2-5,8,10-13,18H,6-7,9,29H2,1H3. The van der Waals surface area contributed by atoms with E-state index >= 15 is 0 Å². The van der Waals surface area contributed by atoms with Gasteiger partial charge in [-0.3, -0.25) is 9.93 Å². The van der Waals surface area contributed by atoms with E-state index in [1.54, 1.807) is 17.0 Å². The monoisotopic (exact) mass is 454 g/mol. The second-order valence-corrected chi connectivity index (χ2v) is 9.18. The molecule has 1 heterocycles. The lowest BCUT2D eigenvalue weighted by Gasteiger charge is -2.26. The summed E-state index contributed by atoms with van der Waals surface area (Å²) in [5.41, 5.74) is 4.32. The molecule has 0 aromatic heterocycles. The maximum absolute atomic E-state index is 14.2. The number of carbonyl (C=O) groups excluding carboxylic acids is 1. The van der Waals surface area contributed by atoms with Crippen molar-refractivity contribution < 1.29 is 18.0 Å². The van der Waals surface area contributed by atoms with Crippen LogP contribution in [0.1, 0.15) is 23.6 Å². The minimum atomic E-state index is -0.497. The third kappa shape index (κ3) is 3.49. The summed E-state index contributed by atoms with van der Waals surface area (Å²) in [6.07, 6.45) is 1.70. The van der Waals surface area contributed by atoms with Crippen molar-refractivity contribution in [1.82, 2.24) is 0 Å². The number of benzene rings is 3. The number of nitrogens with two attached hydrogens (primary N) is 1. The molecule has 3 nitrogen and oxygen atoms in total. The molecule has 2 atom stereocenters. The topological polar surface area (TPSA) is 46.3 Å². The third-order valence-electron chi connectivity index (χ3n) is 6.44. The van der Waals surface area contributed by atoms with E-state index in [2.05, 4.69) is 0 Å². The summed E-state index contributed by atoms with van der Waals surface area (Å²) >= 11 is 0.830. The van der Waals surface area contributed by atoms with Crippen LogP contribution in [-0.4, -0.2) is 11.9 Å². The van der Waals surface area contributed by atoms with Crippen molar-refractivity contribution in [1.29, 1.82) is 0 Å². The molecule has 1 amide bonds. The van der Waals surface area contributed by atoms with Crippen LogP contribution in [0.25, 0.3) is 11.1 Å². The van der Waals surface area contributed by atoms with Gasteiger partial charge in [0.05, 0.1) is 4.90 Å². The highest BCUT2D eigenvalue weighted by Gasteiger charge is 2.38. The summed E-state index contributed by atoms with van der Waals surface area (Å²) in [6.45, 7) is 1.96. The Morgan fingerprint density at radius 2 is 1.72 bits per heavy atom. The summed E-state index contributed by atoms with van der Waals surface area (Å²) in [4.78, 5) is 15.6. The zero-order valence-corrected chi connectivity index (χ0v) is 18.2. The van der Waals surface area contributed by atoms with Crippen LogP contribution in [0.2, 0.25) is 0 Å². The van der Waals surface area contributed by atoms with Crippen LogP contribution in [-0.2, 0) is 24.1 Å². The molecule has 1 aliphatic heterocycles. The number of halogens is 3. The highest BCUT2D eigenvalue weighted by Crippen LogP contribution is 2.39. The molecule has 0 radical (unpaired) electrons. The molecule has 7 heteroatoms. The maximum Gasteiger partial charge on any atom is 0.231 e. The van der Waals surface area contributed by atoms with Gasteiger partial charge in [-0.1, -0.05) is 18.2 Å². The molecule has 0 fully saturated rings. The van der Waals surface area contributed by atoms with Gasteiger partial charge in [-0.2, -0.15) is 0 Å². The van der Waals surface area contributed by atoms with Gasteiger partial charge in [0.15, 0.2) is 0 Å². The average Bonchev–Trinajstić information content (AvgIpc) is 3.33. The zero-order valence-electron chi connectivity index (χ0n) is 17.4. The molecule has 0 bridgehead atoms. The lowest BCUT2D eigenvalue weighted by molar-refractivity contribution is -0.122. The third-order valence-corrected chi connectivity index (χ3v) is 7.01. The number of hydrogen-bond donors (Lipinski definition) is 1. The smallest absolute Gasteiger partial charge is 0.231 e. The van der Waals surface area contributed by atoms with Crippen LogP contribution in [0, 0.1) is 23.4 Å². The van der Waals surface area contributed by atoms with Gasteiger partial charge >= 0.3 is 0 Å². The minimum absolute atomic E-state index is 0.00878. The number of hydrogen-bond acceptors (Lipinski definition) is 3. The van der Waals surface area contributed by atoms with E-state index in [0.717, 1.165) is 46.5 Å². The van der Waals surface area contributed by atoms with Gasteiger partial charge in [-0.15, -0.1) is 0 Å². The van der Waals surface area contributed by atoms with Crippen molar-refractivity contribution >= 4 is 23.5 Å². The van der Waals surface area contributed by atoms with E-state index in [0.29, 0.717) is 29.7 Å². The first-order valence-corrected chi connectivity index (χ1v) is 11.3. The molecule has 5 rings (SSSR count). The van der Waals surface area contributed by atoms with Crippen LogP contribution in [0.4, 0.5) is 18.9 Å². The number of amides is 1. The van der Waals surface area contributed by atoms with Crippen LogP contribution in [0.15, 0.2) is 53.4 Å². The summed E-state index contributed by atoms with van der Waals surface area (Å²) in [7, 11) is 0. The number of rotatable bonds is 3. The van der Waals surface area contributed by atoms with Gasteiger partial charge in [0.1, 0.15) is 17.5 Å². The van der Waals surface area contributed by atoms with Crippen LogP contribution >= 0.6 is 11.9 Å². The molecule has 2 aliphatic rings. The maximum atomic E-state index is 14.2. The largest absolute Gasteiger partial charge is 0.309 e. The molecular formula is C25H21F3N2OS. The Labute approximate surface area is 188 Å². The zero-order chi connectivity index (χ0) is 22.6. The average molecular weight is 455 g/mol. The molecule has 164 valence electrons. The highest BCUT2D eigenvalue weighted by atomic mass is 32.2. The van der Waals surface area contributed by atoms with Crippen molar-refractivity contribution in [3.05, 3.63) is 82.7 Å². The van der Waals surface area contributed by atoms with Crippen molar-refractivity contribution in [3.8, 4) is 11.1 Å². The normalized spacial score (nSPS) is 19.2. The quantitative estimate of drug-likeness (QED) is 0.537. The van der Waals surface area contributed by atoms with Gasteiger partial charge in [0.2, 0.25) is 5.91 Å². The Balaban J connectivity index is 1.42. The molecule has 2 unspecified atom stereocenters. The van der Waals surface area contributed by atoms with E-state index in [1.165, 1.54) is 12.1 Å². The van der Waals surface area contributed by atoms with Crippen molar-refractivity contribution in [2.75, 3.05) is 4.90 Å². The van der Waals surface area contributed by atoms with E-state index in [-0.39, 0.29) is 29.2 Å². The lowest BCUT2D eigenvalue weighted by atomic mass is 10.00. The van der Waals surface area contributed by atoms with Crippen molar-refractivity contribution in [3.63, 3.8) is 0 Å². The number of nitrogens with zero attached hydrogens (tertiary/aromatic N) is 1. The predicted molar refractivity (Wildman–Crippen MR) is 120 cm³/mol. The second kappa shape index (κ2) is 7.98. The van der Waals surface area contributed by atoms with E-state index in [1.807, 2.05) is 19.1 Å². The Morgan fingerprint density at radius 1 is 0.938 bits per heavy atom. The summed E-state index contributed by atoms with van der Waals surface area (Å²) in [5.74, 6) is -1.62. The van der Waals surface area contributed by atoms with Crippen molar-refractivity contribution in [2.24, 2.45) is 11.1 Å². The first-order chi connectivity index (χ1) is 15.4. The van der Waals surface area contributed by atoms with Gasteiger partial charge < -0.3 is 4.90 Å². The molecular weight excluding hydrogens is 433 g/mol. The van der Waals surface area contributed by atoms with E-state index < -0.39 is 11.6 Å². The molecule has 2 N–H and O–H groups in total. The SMILES string of the molecule is CC1Cc2cc(F)c(SN)cc2N1C(=O)C1Cc2ccc(-c3cc(F)ccc3F)cc2C1. The molecule has 1 aliphatic carbocycles. The number of carbonyl (C=O) groups is 1. The fraction of sp³-hybridized carbons (Fsp3) is 0.240. The Morgan fingerprint density at radius 3 is 2.50 bits per heavy atom. The molecule has 3 aromatic carbocycles. The Hall–Kier alpha value is -2.77.